The Kier molecular flexibility index (Phi) is 4.25. The molecule has 98 valence electrons. The van der Waals surface area contributed by atoms with Gasteiger partial charge in [0, 0.05) is 12.1 Å². The molecule has 0 bridgehead atoms. The van der Waals surface area contributed by atoms with Crippen LogP contribution in [0, 0.1) is 4.91 Å². The van der Waals surface area contributed by atoms with Gasteiger partial charge in [-0.1, -0.05) is 0 Å². The highest BCUT2D eigenvalue weighted by molar-refractivity contribution is 5.64. The summed E-state index contributed by atoms with van der Waals surface area (Å²) < 4.78 is 4.62. The number of ether oxygens (including phenoxy) is 1. The van der Waals surface area contributed by atoms with E-state index in [0.717, 1.165) is 5.56 Å². The molecule has 0 spiro atoms. The lowest BCUT2D eigenvalue weighted by Crippen LogP contribution is -2.23. The maximum atomic E-state index is 11.6. The van der Waals surface area contributed by atoms with Gasteiger partial charge in [-0.25, -0.2) is 9.63 Å². The number of rotatable bonds is 4. The molecule has 0 aliphatic rings. The second-order valence-electron chi connectivity index (χ2n) is 4.73. The molecule has 0 aromatic heterocycles. The minimum absolute atomic E-state index is 0.0780. The van der Waals surface area contributed by atoms with E-state index in [2.05, 4.69) is 4.74 Å². The van der Waals surface area contributed by atoms with Crippen molar-refractivity contribution in [1.82, 2.24) is 0 Å². The van der Waals surface area contributed by atoms with Crippen molar-refractivity contribution in [2.75, 3.05) is 0 Å². The first-order chi connectivity index (χ1) is 8.28. The van der Waals surface area contributed by atoms with Crippen LogP contribution in [0.15, 0.2) is 24.3 Å². The number of nitrogens with zero attached hydrogens (tertiary/aromatic N) is 1. The third-order valence-corrected chi connectivity index (χ3v) is 1.89. The van der Waals surface area contributed by atoms with Crippen molar-refractivity contribution < 1.29 is 19.3 Å². The number of amides is 1. The second kappa shape index (κ2) is 5.48. The van der Waals surface area contributed by atoms with E-state index >= 15 is 0 Å². The first-order valence-corrected chi connectivity index (χ1v) is 5.45. The largest absolute Gasteiger partial charge is 0.445 e. The number of benzene rings is 1. The number of carbonyl (C=O) groups excluding carboxylic acids is 1. The topological polar surface area (TPSA) is 81.6 Å². The molecule has 0 aliphatic carbocycles. The van der Waals surface area contributed by atoms with E-state index in [4.69, 9.17) is 10.6 Å². The van der Waals surface area contributed by atoms with Crippen molar-refractivity contribution in [3.63, 3.8) is 0 Å². The highest BCUT2D eigenvalue weighted by Gasteiger charge is 2.25. The van der Waals surface area contributed by atoms with Crippen molar-refractivity contribution >= 4 is 11.8 Å². The third-order valence-electron chi connectivity index (χ3n) is 1.89. The van der Waals surface area contributed by atoms with Gasteiger partial charge in [0.1, 0.15) is 6.61 Å². The zero-order valence-corrected chi connectivity index (χ0v) is 10.7. The van der Waals surface area contributed by atoms with Gasteiger partial charge in [-0.05, 0) is 38.5 Å². The van der Waals surface area contributed by atoms with Crippen LogP contribution in [0.4, 0.5) is 10.5 Å². The van der Waals surface area contributed by atoms with Crippen LogP contribution in [0.2, 0.25) is 0 Å². The molecule has 0 saturated carbocycles. The van der Waals surface area contributed by atoms with Gasteiger partial charge in [0.15, 0.2) is 5.60 Å². The van der Waals surface area contributed by atoms with Crippen LogP contribution >= 0.6 is 0 Å². The minimum atomic E-state index is -0.833. The lowest BCUT2D eigenvalue weighted by Gasteiger charge is -2.10. The van der Waals surface area contributed by atoms with Gasteiger partial charge < -0.3 is 10.5 Å². The predicted molar refractivity (Wildman–Crippen MR) is 64.9 cm³/mol. The first-order valence-electron chi connectivity index (χ1n) is 5.45. The fraction of sp³-hybridized carbons (Fsp3) is 0.417. The molecule has 1 aromatic carbocycles. The Labute approximate surface area is 105 Å². The number of primary amides is 1. The smallest absolute Gasteiger partial charge is 0.404 e. The summed E-state index contributed by atoms with van der Waals surface area (Å²) in [7, 11) is 0. The van der Waals surface area contributed by atoms with Crippen LogP contribution < -0.4 is 5.73 Å². The average Bonchev–Trinajstić information content (AvgIpc) is 2.24. The van der Waals surface area contributed by atoms with Crippen molar-refractivity contribution in [3.05, 3.63) is 34.7 Å². The van der Waals surface area contributed by atoms with E-state index < -0.39 is 11.7 Å². The normalized spacial score (nSPS) is 10.8. The molecule has 2 N–H and O–H groups in total. The lowest BCUT2D eigenvalue weighted by atomic mass is 10.2. The number of hydrogen-bond acceptors (Lipinski definition) is 4. The van der Waals surface area contributed by atoms with Gasteiger partial charge in [0.05, 0.1) is 4.91 Å². The van der Waals surface area contributed by atoms with Gasteiger partial charge in [0.25, 0.3) is 4.92 Å². The van der Waals surface area contributed by atoms with Gasteiger partial charge in [-0.2, -0.15) is 0 Å². The Morgan fingerprint density at radius 2 is 1.83 bits per heavy atom. The van der Waals surface area contributed by atoms with Gasteiger partial charge >= 0.3 is 11.8 Å². The molecule has 1 amide bonds. The quantitative estimate of drug-likeness (QED) is 0.835. The molecule has 0 atom stereocenters. The molecule has 0 heterocycles. The number of hydrogen-bond donors (Lipinski definition) is 1. The van der Waals surface area contributed by atoms with E-state index in [9.17, 15) is 9.70 Å². The fourth-order valence-electron chi connectivity index (χ4n) is 1.17. The maximum Gasteiger partial charge on any atom is 0.404 e. The maximum absolute atomic E-state index is 11.6. The summed E-state index contributed by atoms with van der Waals surface area (Å²) in [5.74, 6) is 0. The van der Waals surface area contributed by atoms with E-state index in [0.29, 0.717) is 10.6 Å². The predicted octanol–water partition coefficient (Wildman–Crippen LogP) is 2.42. The van der Waals surface area contributed by atoms with E-state index in [-0.39, 0.29) is 6.61 Å². The van der Waals surface area contributed by atoms with Crippen LogP contribution in [0.25, 0.3) is 0 Å². The Morgan fingerprint density at radius 3 is 2.28 bits per heavy atom. The fourth-order valence-corrected chi connectivity index (χ4v) is 1.17. The van der Waals surface area contributed by atoms with Crippen LogP contribution in [0.1, 0.15) is 26.3 Å². The Morgan fingerprint density at radius 1 is 1.28 bits per heavy atom. The summed E-state index contributed by atoms with van der Waals surface area (Å²) in [6.45, 7) is 5.43. The lowest BCUT2D eigenvalue weighted by molar-refractivity contribution is -0.766. The second-order valence-corrected chi connectivity index (χ2v) is 4.73. The molecular formula is C12H17N2O4+. The van der Waals surface area contributed by atoms with Crippen molar-refractivity contribution in [2.24, 2.45) is 5.73 Å². The monoisotopic (exact) mass is 253 g/mol. The van der Waals surface area contributed by atoms with Crippen LogP contribution in [-0.2, 0) is 16.2 Å². The summed E-state index contributed by atoms with van der Waals surface area (Å²) in [6.07, 6.45) is -0.833. The molecule has 18 heavy (non-hydrogen) atoms. The van der Waals surface area contributed by atoms with Crippen molar-refractivity contribution in [2.45, 2.75) is 33.0 Å². The molecule has 0 unspecified atom stereocenters. The average molecular weight is 253 g/mol. The third kappa shape index (κ3) is 4.82. The van der Waals surface area contributed by atoms with Crippen molar-refractivity contribution in [3.8, 4) is 0 Å². The van der Waals surface area contributed by atoms with Gasteiger partial charge in [-0.15, -0.1) is 0 Å². The van der Waals surface area contributed by atoms with E-state index in [1.165, 1.54) is 0 Å². The molecule has 6 heteroatoms. The van der Waals surface area contributed by atoms with Crippen LogP contribution in [0.5, 0.6) is 0 Å². The van der Waals surface area contributed by atoms with E-state index in [1.807, 2.05) is 0 Å². The molecular weight excluding hydrogens is 236 g/mol. The molecule has 1 aromatic rings. The standard InChI is InChI=1S/C12H16N2O4/c1-12(2,3)18-14(16)10-6-4-9(5-7-10)8-17-11(13)15/h4-7H,8H2,1-3H3,(H-,13,15)/p+1. The number of nitrogens with two attached hydrogens (primary N) is 1. The highest BCUT2D eigenvalue weighted by Crippen LogP contribution is 2.17. The Balaban J connectivity index is 2.65. The molecule has 0 radical (unpaired) electrons. The zero-order valence-electron chi connectivity index (χ0n) is 10.7. The van der Waals surface area contributed by atoms with Gasteiger partial charge in [0.2, 0.25) is 0 Å². The summed E-state index contributed by atoms with van der Waals surface area (Å²) in [6, 6.07) is 6.49. The zero-order chi connectivity index (χ0) is 13.8. The number of carbonyl (C=O) groups is 1. The SMILES string of the molecule is CC(C)(C)O[N+](=O)c1ccc(COC(N)=O)cc1. The first kappa shape index (κ1) is 14.0. The van der Waals surface area contributed by atoms with Crippen LogP contribution in [-0.4, -0.2) is 16.6 Å². The highest BCUT2D eigenvalue weighted by atomic mass is 16.8. The minimum Gasteiger partial charge on any atom is -0.445 e. The summed E-state index contributed by atoms with van der Waals surface area (Å²) in [4.78, 5) is 27.6. The van der Waals surface area contributed by atoms with Gasteiger partial charge in [-0.3, -0.25) is 0 Å². The van der Waals surface area contributed by atoms with Crippen molar-refractivity contribution in [1.29, 1.82) is 0 Å². The summed E-state index contributed by atoms with van der Waals surface area (Å²) >= 11 is 0. The summed E-state index contributed by atoms with van der Waals surface area (Å²) in [5, 5.41) is 0. The molecule has 6 nitrogen and oxygen atoms in total. The Hall–Kier alpha value is -2.11. The van der Waals surface area contributed by atoms with E-state index in [1.54, 1.807) is 45.0 Å². The van der Waals surface area contributed by atoms with Crippen LogP contribution in [0.3, 0.4) is 0 Å². The summed E-state index contributed by atoms with van der Waals surface area (Å²) in [5.41, 5.74) is 5.39. The molecule has 1 rings (SSSR count). The Bertz CT molecular complexity index is 434. The molecule has 0 fully saturated rings. The molecule has 0 aliphatic heterocycles. The molecule has 0 saturated heterocycles.